The Labute approximate surface area is 188 Å². The molecule has 2 aromatic rings. The molecular weight excluding hydrogens is 410 g/mol. The van der Waals surface area contributed by atoms with E-state index >= 15 is 0 Å². The molecule has 1 heterocycles. The van der Waals surface area contributed by atoms with Crippen LogP contribution in [0.4, 0.5) is 0 Å². The SMILES string of the molecule is CC(C)(OC1CCC(CNC(=O)c2cccnc2Oc2cccc(CN)c2)CC1)C(=O)O. The molecule has 172 valence electrons. The molecule has 8 nitrogen and oxygen atoms in total. The fourth-order valence-corrected chi connectivity index (χ4v) is 3.75. The molecule has 0 saturated heterocycles. The Balaban J connectivity index is 1.53. The van der Waals surface area contributed by atoms with Crippen molar-refractivity contribution in [3.63, 3.8) is 0 Å². The molecule has 1 aromatic carbocycles. The minimum absolute atomic E-state index is 0.0735. The number of rotatable bonds is 9. The first-order chi connectivity index (χ1) is 15.3. The van der Waals surface area contributed by atoms with Crippen molar-refractivity contribution in [3.8, 4) is 11.6 Å². The maximum absolute atomic E-state index is 12.8. The molecule has 0 atom stereocenters. The third-order valence-corrected chi connectivity index (χ3v) is 5.69. The predicted molar refractivity (Wildman–Crippen MR) is 120 cm³/mol. The summed E-state index contributed by atoms with van der Waals surface area (Å²) in [5, 5.41) is 12.2. The van der Waals surface area contributed by atoms with Crippen molar-refractivity contribution in [2.45, 2.75) is 57.8 Å². The molecule has 1 aromatic heterocycles. The summed E-state index contributed by atoms with van der Waals surface area (Å²) in [7, 11) is 0. The number of carboxylic acids is 1. The number of carbonyl (C=O) groups excluding carboxylic acids is 1. The second kappa shape index (κ2) is 10.6. The molecular formula is C24H31N3O5. The van der Waals surface area contributed by atoms with Crippen LogP contribution in [0.15, 0.2) is 42.6 Å². The van der Waals surface area contributed by atoms with Gasteiger partial charge in [0.25, 0.3) is 5.91 Å². The molecule has 1 saturated carbocycles. The number of ether oxygens (including phenoxy) is 2. The summed E-state index contributed by atoms with van der Waals surface area (Å²) in [5.41, 5.74) is 5.79. The molecule has 0 unspecified atom stereocenters. The third kappa shape index (κ3) is 6.27. The van der Waals surface area contributed by atoms with Gasteiger partial charge in [0, 0.05) is 19.3 Å². The molecule has 0 spiro atoms. The van der Waals surface area contributed by atoms with Crippen LogP contribution in [-0.4, -0.2) is 40.2 Å². The van der Waals surface area contributed by atoms with Gasteiger partial charge in [0.1, 0.15) is 11.3 Å². The van der Waals surface area contributed by atoms with E-state index in [0.29, 0.717) is 30.3 Å². The Bertz CT molecular complexity index is 939. The van der Waals surface area contributed by atoms with Gasteiger partial charge in [-0.2, -0.15) is 0 Å². The fourth-order valence-electron chi connectivity index (χ4n) is 3.75. The lowest BCUT2D eigenvalue weighted by atomic mass is 9.87. The lowest BCUT2D eigenvalue weighted by molar-refractivity contribution is -0.170. The summed E-state index contributed by atoms with van der Waals surface area (Å²) in [6, 6.07) is 10.7. The Kier molecular flexibility index (Phi) is 7.82. The number of hydrogen-bond acceptors (Lipinski definition) is 6. The van der Waals surface area contributed by atoms with Crippen molar-refractivity contribution in [1.82, 2.24) is 10.3 Å². The van der Waals surface area contributed by atoms with Crippen molar-refractivity contribution in [2.75, 3.05) is 6.54 Å². The van der Waals surface area contributed by atoms with Crippen LogP contribution in [-0.2, 0) is 16.1 Å². The monoisotopic (exact) mass is 441 g/mol. The van der Waals surface area contributed by atoms with Gasteiger partial charge in [-0.05, 0) is 75.3 Å². The van der Waals surface area contributed by atoms with E-state index in [4.69, 9.17) is 15.2 Å². The normalized spacial score (nSPS) is 18.7. The number of hydrogen-bond donors (Lipinski definition) is 3. The van der Waals surface area contributed by atoms with Gasteiger partial charge in [0.15, 0.2) is 5.60 Å². The lowest BCUT2D eigenvalue weighted by Gasteiger charge is -2.33. The lowest BCUT2D eigenvalue weighted by Crippen LogP contribution is -2.40. The average Bonchev–Trinajstić information content (AvgIpc) is 2.78. The zero-order valence-corrected chi connectivity index (χ0v) is 18.5. The van der Waals surface area contributed by atoms with Gasteiger partial charge < -0.3 is 25.6 Å². The highest BCUT2D eigenvalue weighted by molar-refractivity contribution is 5.96. The fraction of sp³-hybridized carbons (Fsp3) is 0.458. The number of pyridine rings is 1. The largest absolute Gasteiger partial charge is 0.479 e. The van der Waals surface area contributed by atoms with Crippen LogP contribution < -0.4 is 15.8 Å². The molecule has 3 rings (SSSR count). The molecule has 1 amide bonds. The van der Waals surface area contributed by atoms with Gasteiger partial charge in [-0.3, -0.25) is 4.79 Å². The number of nitrogens with two attached hydrogens (primary N) is 1. The number of carboxylic acid groups (broad SMARTS) is 1. The second-order valence-electron chi connectivity index (χ2n) is 8.60. The summed E-state index contributed by atoms with van der Waals surface area (Å²) in [4.78, 5) is 28.3. The minimum atomic E-state index is -1.19. The molecule has 1 aliphatic rings. The molecule has 0 bridgehead atoms. The van der Waals surface area contributed by atoms with Gasteiger partial charge in [0.2, 0.25) is 5.88 Å². The number of amides is 1. The number of aliphatic carboxylic acids is 1. The van der Waals surface area contributed by atoms with Gasteiger partial charge in [-0.25, -0.2) is 9.78 Å². The standard InChI is InChI=1S/C24H31N3O5/c1-24(2,23(29)30)32-18-10-8-16(9-11-18)15-27-21(28)20-7-4-12-26-22(20)31-19-6-3-5-17(13-19)14-25/h3-7,12-13,16,18H,8-11,14-15,25H2,1-2H3,(H,27,28)(H,29,30). The summed E-state index contributed by atoms with van der Waals surface area (Å²) in [6.45, 7) is 4.07. The van der Waals surface area contributed by atoms with Crippen LogP contribution in [0, 0.1) is 5.92 Å². The summed E-state index contributed by atoms with van der Waals surface area (Å²) < 4.78 is 11.6. The van der Waals surface area contributed by atoms with E-state index in [2.05, 4.69) is 10.3 Å². The number of carbonyl (C=O) groups is 2. The Hall–Kier alpha value is -2.97. The molecule has 4 N–H and O–H groups in total. The van der Waals surface area contributed by atoms with Crippen molar-refractivity contribution < 1.29 is 24.2 Å². The number of benzene rings is 1. The summed E-state index contributed by atoms with van der Waals surface area (Å²) >= 11 is 0. The van der Waals surface area contributed by atoms with E-state index in [9.17, 15) is 14.7 Å². The summed E-state index contributed by atoms with van der Waals surface area (Å²) in [6.07, 6.45) is 4.78. The van der Waals surface area contributed by atoms with Gasteiger partial charge in [-0.15, -0.1) is 0 Å². The minimum Gasteiger partial charge on any atom is -0.479 e. The molecule has 0 aliphatic heterocycles. The quantitative estimate of drug-likeness (QED) is 0.544. The first kappa shape index (κ1) is 23.7. The van der Waals surface area contributed by atoms with E-state index < -0.39 is 11.6 Å². The van der Waals surface area contributed by atoms with Crippen LogP contribution in [0.3, 0.4) is 0 Å². The Morgan fingerprint density at radius 3 is 2.62 bits per heavy atom. The van der Waals surface area contributed by atoms with Crippen LogP contribution in [0.1, 0.15) is 55.5 Å². The van der Waals surface area contributed by atoms with Crippen LogP contribution in [0.5, 0.6) is 11.6 Å². The van der Waals surface area contributed by atoms with Crippen LogP contribution >= 0.6 is 0 Å². The van der Waals surface area contributed by atoms with E-state index in [1.54, 1.807) is 38.2 Å². The van der Waals surface area contributed by atoms with Crippen LogP contribution in [0.25, 0.3) is 0 Å². The molecule has 1 aliphatic carbocycles. The first-order valence-corrected chi connectivity index (χ1v) is 10.9. The maximum Gasteiger partial charge on any atom is 0.335 e. The Morgan fingerprint density at radius 1 is 1.19 bits per heavy atom. The van der Waals surface area contributed by atoms with Gasteiger partial charge in [0.05, 0.1) is 6.10 Å². The topological polar surface area (TPSA) is 124 Å². The van der Waals surface area contributed by atoms with Crippen molar-refractivity contribution >= 4 is 11.9 Å². The number of aromatic nitrogens is 1. The average molecular weight is 442 g/mol. The molecule has 0 radical (unpaired) electrons. The van der Waals surface area contributed by atoms with E-state index in [1.165, 1.54) is 0 Å². The third-order valence-electron chi connectivity index (χ3n) is 5.69. The van der Waals surface area contributed by atoms with Crippen molar-refractivity contribution in [2.24, 2.45) is 11.7 Å². The van der Waals surface area contributed by atoms with Crippen molar-refractivity contribution in [1.29, 1.82) is 0 Å². The molecule has 8 heteroatoms. The smallest absolute Gasteiger partial charge is 0.335 e. The first-order valence-electron chi connectivity index (χ1n) is 10.9. The van der Waals surface area contributed by atoms with Crippen LogP contribution in [0.2, 0.25) is 0 Å². The van der Waals surface area contributed by atoms with E-state index in [1.807, 2.05) is 18.2 Å². The summed E-state index contributed by atoms with van der Waals surface area (Å²) in [5.74, 6) is -0.0749. The van der Waals surface area contributed by atoms with E-state index in [0.717, 1.165) is 31.2 Å². The molecule has 32 heavy (non-hydrogen) atoms. The number of nitrogens with one attached hydrogen (secondary N) is 1. The Morgan fingerprint density at radius 2 is 1.94 bits per heavy atom. The predicted octanol–water partition coefficient (Wildman–Crippen LogP) is 3.50. The highest BCUT2D eigenvalue weighted by Crippen LogP contribution is 2.29. The zero-order chi connectivity index (χ0) is 23.1. The maximum atomic E-state index is 12.8. The van der Waals surface area contributed by atoms with Crippen molar-refractivity contribution in [3.05, 3.63) is 53.7 Å². The van der Waals surface area contributed by atoms with E-state index in [-0.39, 0.29) is 17.9 Å². The van der Waals surface area contributed by atoms with Gasteiger partial charge >= 0.3 is 5.97 Å². The highest BCUT2D eigenvalue weighted by atomic mass is 16.5. The number of nitrogens with zero attached hydrogens (tertiary/aromatic N) is 1. The second-order valence-corrected chi connectivity index (χ2v) is 8.60. The molecule has 1 fully saturated rings. The highest BCUT2D eigenvalue weighted by Gasteiger charge is 2.33. The van der Waals surface area contributed by atoms with Gasteiger partial charge in [-0.1, -0.05) is 12.1 Å². The zero-order valence-electron chi connectivity index (χ0n) is 18.5.